The van der Waals surface area contributed by atoms with Gasteiger partial charge >= 0.3 is 5.97 Å². The van der Waals surface area contributed by atoms with Gasteiger partial charge in [0.05, 0.1) is 16.6 Å². The van der Waals surface area contributed by atoms with E-state index in [4.69, 9.17) is 5.11 Å². The highest BCUT2D eigenvalue weighted by Gasteiger charge is 2.37. The number of rotatable bonds is 3. The molecule has 2 unspecified atom stereocenters. The topological polar surface area (TPSA) is 70.5 Å². The molecule has 1 amide bonds. The van der Waals surface area contributed by atoms with Crippen molar-refractivity contribution in [3.63, 3.8) is 0 Å². The van der Waals surface area contributed by atoms with Crippen LogP contribution in [0.1, 0.15) is 24.0 Å². The maximum Gasteiger partial charge on any atom is 0.308 e. The molecule has 1 aliphatic heterocycles. The van der Waals surface area contributed by atoms with Crippen molar-refractivity contribution < 1.29 is 14.7 Å². The standard InChI is InChI=1S/C13H16N2O3S/c1-8-11(13(17)18)5-6-15(8)12(16)4-3-10-7-19-9(2)14-10/h3-4,7-8,11H,5-6H2,1-2H3,(H,17,18). The molecule has 1 N–H and O–H groups in total. The van der Waals surface area contributed by atoms with Crippen molar-refractivity contribution in [2.24, 2.45) is 5.92 Å². The van der Waals surface area contributed by atoms with E-state index in [0.717, 1.165) is 10.7 Å². The van der Waals surface area contributed by atoms with Crippen molar-refractivity contribution in [2.75, 3.05) is 6.54 Å². The summed E-state index contributed by atoms with van der Waals surface area (Å²) in [5, 5.41) is 11.9. The van der Waals surface area contributed by atoms with Crippen LogP contribution in [0.5, 0.6) is 0 Å². The lowest BCUT2D eigenvalue weighted by Crippen LogP contribution is -2.36. The lowest BCUT2D eigenvalue weighted by Gasteiger charge is -2.21. The average molecular weight is 280 g/mol. The zero-order chi connectivity index (χ0) is 14.0. The van der Waals surface area contributed by atoms with Crippen LogP contribution in [-0.4, -0.2) is 39.5 Å². The predicted octanol–water partition coefficient (Wildman–Crippen LogP) is 1.79. The summed E-state index contributed by atoms with van der Waals surface area (Å²) < 4.78 is 0. The maximum absolute atomic E-state index is 12.0. The van der Waals surface area contributed by atoms with Crippen molar-refractivity contribution in [1.29, 1.82) is 0 Å². The normalized spacial score (nSPS) is 23.2. The van der Waals surface area contributed by atoms with Gasteiger partial charge in [0.15, 0.2) is 0 Å². The third kappa shape index (κ3) is 3.01. The van der Waals surface area contributed by atoms with Gasteiger partial charge < -0.3 is 10.0 Å². The third-order valence-corrected chi connectivity index (χ3v) is 4.18. The molecule has 1 aromatic heterocycles. The maximum atomic E-state index is 12.0. The molecule has 5 nitrogen and oxygen atoms in total. The molecule has 1 fully saturated rings. The second-order valence-corrected chi connectivity index (χ2v) is 5.69. The van der Waals surface area contributed by atoms with E-state index < -0.39 is 11.9 Å². The fourth-order valence-electron chi connectivity index (χ4n) is 2.29. The molecule has 0 saturated carbocycles. The van der Waals surface area contributed by atoms with E-state index >= 15 is 0 Å². The Morgan fingerprint density at radius 1 is 1.58 bits per heavy atom. The summed E-state index contributed by atoms with van der Waals surface area (Å²) in [6.45, 7) is 4.19. The summed E-state index contributed by atoms with van der Waals surface area (Å²) in [5.41, 5.74) is 0.762. The number of carboxylic acids is 1. The fourth-order valence-corrected chi connectivity index (χ4v) is 2.87. The minimum Gasteiger partial charge on any atom is -0.481 e. The second-order valence-electron chi connectivity index (χ2n) is 4.63. The van der Waals surface area contributed by atoms with Gasteiger partial charge in [-0.1, -0.05) is 0 Å². The van der Waals surface area contributed by atoms with Crippen molar-refractivity contribution >= 4 is 29.3 Å². The molecule has 2 atom stereocenters. The van der Waals surface area contributed by atoms with Crippen LogP contribution in [0.15, 0.2) is 11.5 Å². The van der Waals surface area contributed by atoms with Crippen molar-refractivity contribution in [1.82, 2.24) is 9.88 Å². The highest BCUT2D eigenvalue weighted by molar-refractivity contribution is 7.09. The van der Waals surface area contributed by atoms with Gasteiger partial charge in [0.2, 0.25) is 5.91 Å². The number of amides is 1. The molecule has 0 spiro atoms. The lowest BCUT2D eigenvalue weighted by atomic mass is 10.0. The molecule has 0 bridgehead atoms. The second kappa shape index (κ2) is 5.52. The Morgan fingerprint density at radius 2 is 2.32 bits per heavy atom. The molecule has 0 aliphatic carbocycles. The van der Waals surface area contributed by atoms with Gasteiger partial charge in [0, 0.05) is 24.0 Å². The zero-order valence-corrected chi connectivity index (χ0v) is 11.7. The van der Waals surface area contributed by atoms with Gasteiger partial charge in [-0.2, -0.15) is 0 Å². The summed E-state index contributed by atoms with van der Waals surface area (Å²) in [5.74, 6) is -1.44. The van der Waals surface area contributed by atoms with E-state index in [1.807, 2.05) is 12.3 Å². The van der Waals surface area contributed by atoms with Crippen molar-refractivity contribution in [3.05, 3.63) is 22.2 Å². The molecule has 6 heteroatoms. The van der Waals surface area contributed by atoms with E-state index in [9.17, 15) is 9.59 Å². The van der Waals surface area contributed by atoms with Crippen LogP contribution in [0.2, 0.25) is 0 Å². The number of aryl methyl sites for hydroxylation is 1. The van der Waals surface area contributed by atoms with Crippen LogP contribution in [0.3, 0.4) is 0 Å². The Kier molecular flexibility index (Phi) is 3.99. The number of hydrogen-bond acceptors (Lipinski definition) is 4. The van der Waals surface area contributed by atoms with Gasteiger partial charge in [0.25, 0.3) is 0 Å². The van der Waals surface area contributed by atoms with E-state index in [2.05, 4.69) is 4.98 Å². The molecule has 1 aliphatic rings. The first kappa shape index (κ1) is 13.7. The minimum absolute atomic E-state index is 0.151. The summed E-state index contributed by atoms with van der Waals surface area (Å²) >= 11 is 1.53. The Labute approximate surface area is 115 Å². The van der Waals surface area contributed by atoms with Crippen LogP contribution in [0.25, 0.3) is 6.08 Å². The molecular formula is C13H16N2O3S. The monoisotopic (exact) mass is 280 g/mol. The number of carbonyl (C=O) groups excluding carboxylic acids is 1. The summed E-state index contributed by atoms with van der Waals surface area (Å²) in [7, 11) is 0. The third-order valence-electron chi connectivity index (χ3n) is 3.39. The quantitative estimate of drug-likeness (QED) is 0.857. The predicted molar refractivity (Wildman–Crippen MR) is 72.8 cm³/mol. The fraction of sp³-hybridized carbons (Fsp3) is 0.462. The van der Waals surface area contributed by atoms with Gasteiger partial charge in [0.1, 0.15) is 0 Å². The number of thiazole rings is 1. The number of likely N-dealkylation sites (tertiary alicyclic amines) is 1. The van der Waals surface area contributed by atoms with Gasteiger partial charge in [-0.05, 0) is 26.3 Å². The SMILES string of the molecule is Cc1nc(C=CC(=O)N2CCC(C(=O)O)C2C)cs1. The summed E-state index contributed by atoms with van der Waals surface area (Å²) in [6, 6.07) is -0.258. The number of nitrogens with zero attached hydrogens (tertiary/aromatic N) is 2. The molecule has 102 valence electrons. The first-order chi connectivity index (χ1) is 8.99. The average Bonchev–Trinajstić information content (AvgIpc) is 2.92. The van der Waals surface area contributed by atoms with Crippen LogP contribution in [0, 0.1) is 12.8 Å². The molecule has 1 saturated heterocycles. The van der Waals surface area contributed by atoms with Gasteiger partial charge in [-0.3, -0.25) is 9.59 Å². The molecule has 2 heterocycles. The Hall–Kier alpha value is -1.69. The molecule has 1 aromatic rings. The van der Waals surface area contributed by atoms with E-state index in [0.29, 0.717) is 13.0 Å². The molecule has 2 rings (SSSR count). The highest BCUT2D eigenvalue weighted by Crippen LogP contribution is 2.24. The molecular weight excluding hydrogens is 264 g/mol. The molecule has 0 radical (unpaired) electrons. The number of aliphatic carboxylic acids is 1. The van der Waals surface area contributed by atoms with Crippen LogP contribution in [-0.2, 0) is 9.59 Å². The van der Waals surface area contributed by atoms with Crippen LogP contribution >= 0.6 is 11.3 Å². The minimum atomic E-state index is -0.832. The Balaban J connectivity index is 2.01. The Bertz CT molecular complexity index is 524. The lowest BCUT2D eigenvalue weighted by molar-refractivity contribution is -0.142. The van der Waals surface area contributed by atoms with E-state index in [1.54, 1.807) is 17.9 Å². The molecule has 19 heavy (non-hydrogen) atoms. The summed E-state index contributed by atoms with van der Waals surface area (Å²) in [6.07, 6.45) is 3.66. The van der Waals surface area contributed by atoms with Gasteiger partial charge in [-0.25, -0.2) is 4.98 Å². The number of carbonyl (C=O) groups is 2. The number of aromatic nitrogens is 1. The van der Waals surface area contributed by atoms with E-state index in [-0.39, 0.29) is 11.9 Å². The smallest absolute Gasteiger partial charge is 0.308 e. The molecule has 0 aromatic carbocycles. The first-order valence-corrected chi connectivity index (χ1v) is 7.00. The van der Waals surface area contributed by atoms with Crippen molar-refractivity contribution in [3.8, 4) is 0 Å². The zero-order valence-electron chi connectivity index (χ0n) is 10.9. The van der Waals surface area contributed by atoms with Crippen LogP contribution < -0.4 is 0 Å². The van der Waals surface area contributed by atoms with Crippen molar-refractivity contribution in [2.45, 2.75) is 26.3 Å². The van der Waals surface area contributed by atoms with Crippen LogP contribution in [0.4, 0.5) is 0 Å². The van der Waals surface area contributed by atoms with Gasteiger partial charge in [-0.15, -0.1) is 11.3 Å². The van der Waals surface area contributed by atoms with E-state index in [1.165, 1.54) is 17.4 Å². The number of carboxylic acid groups (broad SMARTS) is 1. The number of hydrogen-bond donors (Lipinski definition) is 1. The Morgan fingerprint density at radius 3 is 2.84 bits per heavy atom. The first-order valence-electron chi connectivity index (χ1n) is 6.12. The highest BCUT2D eigenvalue weighted by atomic mass is 32.1. The largest absolute Gasteiger partial charge is 0.481 e. The summed E-state index contributed by atoms with van der Waals surface area (Å²) in [4.78, 5) is 28.9.